The van der Waals surface area contributed by atoms with Gasteiger partial charge in [0.05, 0.1) is 5.69 Å². The zero-order chi connectivity index (χ0) is 22.9. The summed E-state index contributed by atoms with van der Waals surface area (Å²) in [5.41, 5.74) is 3.74. The van der Waals surface area contributed by atoms with Crippen LogP contribution in [0, 0.1) is 0 Å². The summed E-state index contributed by atoms with van der Waals surface area (Å²) < 4.78 is 6.03. The minimum Gasteiger partial charge on any atom is -0.490 e. The molecule has 0 aliphatic rings. The maximum absolute atomic E-state index is 12.8. The molecule has 0 saturated carbocycles. The first-order chi connectivity index (χ1) is 15.4. The van der Waals surface area contributed by atoms with Gasteiger partial charge in [-0.05, 0) is 69.5 Å². The predicted molar refractivity (Wildman–Crippen MR) is 133 cm³/mol. The summed E-state index contributed by atoms with van der Waals surface area (Å²) in [4.78, 5) is 15.2. The summed E-state index contributed by atoms with van der Waals surface area (Å²) in [5.74, 6) is 0.548. The Balaban J connectivity index is 1.60. The third kappa shape index (κ3) is 6.69. The van der Waals surface area contributed by atoms with Crippen LogP contribution in [0.3, 0.4) is 0 Å². The number of benzene rings is 3. The molecule has 1 N–H and O–H groups in total. The third-order valence-electron chi connectivity index (χ3n) is 5.54. The zero-order valence-electron chi connectivity index (χ0n) is 19.5. The number of anilines is 1. The highest BCUT2D eigenvalue weighted by molar-refractivity contribution is 6.05. The van der Waals surface area contributed by atoms with E-state index in [0.717, 1.165) is 13.0 Å². The zero-order valence-corrected chi connectivity index (χ0v) is 19.5. The monoisotopic (exact) mass is 430 g/mol. The fourth-order valence-corrected chi connectivity index (χ4v) is 3.87. The van der Waals surface area contributed by atoms with Crippen LogP contribution in [0.5, 0.6) is 5.75 Å². The number of carbonyl (C=O) groups is 1. The van der Waals surface area contributed by atoms with Gasteiger partial charge in [-0.2, -0.15) is 0 Å². The molecular formula is C28H34N2O2. The van der Waals surface area contributed by atoms with Crippen LogP contribution >= 0.6 is 0 Å². The Hall–Kier alpha value is -3.11. The first kappa shape index (κ1) is 23.6. The van der Waals surface area contributed by atoms with E-state index in [4.69, 9.17) is 4.74 Å². The van der Waals surface area contributed by atoms with Gasteiger partial charge in [-0.3, -0.25) is 9.69 Å². The van der Waals surface area contributed by atoms with Crippen LogP contribution in [-0.2, 0) is 6.42 Å². The highest BCUT2D eigenvalue weighted by Crippen LogP contribution is 2.24. The molecule has 3 aromatic rings. The van der Waals surface area contributed by atoms with Gasteiger partial charge in [0.1, 0.15) is 12.4 Å². The van der Waals surface area contributed by atoms with Crippen molar-refractivity contribution in [1.82, 2.24) is 4.90 Å². The normalized spacial score (nSPS) is 11.2. The molecule has 4 nitrogen and oxygen atoms in total. The van der Waals surface area contributed by atoms with E-state index in [2.05, 4.69) is 50.0 Å². The molecule has 0 heterocycles. The van der Waals surface area contributed by atoms with Crippen molar-refractivity contribution in [2.75, 3.05) is 18.5 Å². The number of para-hydroxylation sites is 2. The second kappa shape index (κ2) is 11.5. The van der Waals surface area contributed by atoms with E-state index >= 15 is 0 Å². The van der Waals surface area contributed by atoms with Crippen molar-refractivity contribution in [1.29, 1.82) is 0 Å². The Labute approximate surface area is 192 Å². The Morgan fingerprint density at radius 1 is 0.812 bits per heavy atom. The fourth-order valence-electron chi connectivity index (χ4n) is 3.87. The number of carbonyl (C=O) groups excluding carboxylic acids is 1. The summed E-state index contributed by atoms with van der Waals surface area (Å²) in [5, 5.41) is 3.00. The number of nitrogens with one attached hydrogen (secondary N) is 1. The molecule has 168 valence electrons. The third-order valence-corrected chi connectivity index (χ3v) is 5.54. The largest absolute Gasteiger partial charge is 0.490 e. The summed E-state index contributed by atoms with van der Waals surface area (Å²) >= 11 is 0. The first-order valence-corrected chi connectivity index (χ1v) is 11.4. The lowest BCUT2D eigenvalue weighted by molar-refractivity contribution is 0.102. The molecule has 0 atom stereocenters. The van der Waals surface area contributed by atoms with Gasteiger partial charge < -0.3 is 10.1 Å². The summed E-state index contributed by atoms with van der Waals surface area (Å²) in [6.45, 7) is 10.2. The van der Waals surface area contributed by atoms with Gasteiger partial charge in [-0.1, -0.05) is 54.6 Å². The van der Waals surface area contributed by atoms with Crippen molar-refractivity contribution in [3.63, 3.8) is 0 Å². The van der Waals surface area contributed by atoms with Crippen molar-refractivity contribution < 1.29 is 9.53 Å². The van der Waals surface area contributed by atoms with Gasteiger partial charge in [0.15, 0.2) is 0 Å². The van der Waals surface area contributed by atoms with Gasteiger partial charge in [0.25, 0.3) is 5.91 Å². The Morgan fingerprint density at radius 3 is 2.06 bits per heavy atom. The molecule has 0 saturated heterocycles. The molecule has 0 bridgehead atoms. The van der Waals surface area contributed by atoms with Crippen LogP contribution in [0.2, 0.25) is 0 Å². The van der Waals surface area contributed by atoms with E-state index in [1.807, 2.05) is 66.7 Å². The van der Waals surface area contributed by atoms with E-state index < -0.39 is 0 Å². The van der Waals surface area contributed by atoms with Crippen LogP contribution in [0.1, 0.15) is 49.2 Å². The highest BCUT2D eigenvalue weighted by Gasteiger charge is 2.14. The molecule has 0 aromatic heterocycles. The quantitative estimate of drug-likeness (QED) is 0.427. The molecule has 0 aliphatic heterocycles. The van der Waals surface area contributed by atoms with Gasteiger partial charge in [0.2, 0.25) is 0 Å². The summed E-state index contributed by atoms with van der Waals surface area (Å²) in [6.07, 6.45) is 0.850. The van der Waals surface area contributed by atoms with Crippen LogP contribution in [-0.4, -0.2) is 36.0 Å². The smallest absolute Gasteiger partial charge is 0.255 e. The maximum Gasteiger partial charge on any atom is 0.255 e. The minimum atomic E-state index is -0.140. The number of rotatable bonds is 10. The van der Waals surface area contributed by atoms with Crippen molar-refractivity contribution in [3.8, 4) is 5.75 Å². The highest BCUT2D eigenvalue weighted by atomic mass is 16.5. The predicted octanol–water partition coefficient (Wildman–Crippen LogP) is 6.03. The van der Waals surface area contributed by atoms with Crippen LogP contribution < -0.4 is 10.1 Å². The Morgan fingerprint density at radius 2 is 1.41 bits per heavy atom. The lowest BCUT2D eigenvalue weighted by Crippen LogP contribution is -2.39. The van der Waals surface area contributed by atoms with Crippen molar-refractivity contribution >= 4 is 11.6 Å². The molecule has 0 aliphatic carbocycles. The molecule has 0 spiro atoms. The topological polar surface area (TPSA) is 41.6 Å². The van der Waals surface area contributed by atoms with E-state index in [-0.39, 0.29) is 5.91 Å². The van der Waals surface area contributed by atoms with Gasteiger partial charge in [-0.25, -0.2) is 0 Å². The number of hydrogen-bond acceptors (Lipinski definition) is 3. The average molecular weight is 431 g/mol. The van der Waals surface area contributed by atoms with Gasteiger partial charge in [0, 0.05) is 24.2 Å². The number of ether oxygens (including phenoxy) is 1. The second-order valence-electron chi connectivity index (χ2n) is 8.58. The van der Waals surface area contributed by atoms with E-state index in [9.17, 15) is 4.79 Å². The van der Waals surface area contributed by atoms with E-state index in [1.54, 1.807) is 0 Å². The van der Waals surface area contributed by atoms with Gasteiger partial charge in [-0.15, -0.1) is 0 Å². The molecule has 32 heavy (non-hydrogen) atoms. The molecular weight excluding hydrogens is 396 g/mol. The summed E-state index contributed by atoms with van der Waals surface area (Å²) in [7, 11) is 0. The molecule has 4 heteroatoms. The van der Waals surface area contributed by atoms with Gasteiger partial charge >= 0.3 is 0 Å². The SMILES string of the molecule is CC(C)N(CCOc1ccccc1NC(=O)c1ccc(Cc2ccccc2)cc1)C(C)C. The molecule has 0 unspecified atom stereocenters. The fraction of sp³-hybridized carbons (Fsp3) is 0.321. The van der Waals surface area contributed by atoms with E-state index in [0.29, 0.717) is 35.7 Å². The molecule has 3 rings (SSSR count). The van der Waals surface area contributed by atoms with E-state index in [1.165, 1.54) is 11.1 Å². The van der Waals surface area contributed by atoms with Crippen molar-refractivity contribution in [2.45, 2.75) is 46.2 Å². The lowest BCUT2D eigenvalue weighted by atomic mass is 10.0. The van der Waals surface area contributed by atoms with Crippen LogP contribution in [0.25, 0.3) is 0 Å². The standard InChI is InChI=1S/C28H34N2O2/c1-21(2)30(22(3)4)18-19-32-27-13-9-8-12-26(27)29-28(31)25-16-14-24(15-17-25)20-23-10-6-5-7-11-23/h5-17,21-22H,18-20H2,1-4H3,(H,29,31). The number of amides is 1. The summed E-state index contributed by atoms with van der Waals surface area (Å²) in [6, 6.07) is 26.6. The van der Waals surface area contributed by atoms with Crippen molar-refractivity contribution in [2.24, 2.45) is 0 Å². The van der Waals surface area contributed by atoms with Crippen molar-refractivity contribution in [3.05, 3.63) is 95.6 Å². The van der Waals surface area contributed by atoms with Crippen LogP contribution in [0.15, 0.2) is 78.9 Å². The molecule has 1 amide bonds. The number of nitrogens with zero attached hydrogens (tertiary/aromatic N) is 1. The maximum atomic E-state index is 12.8. The number of hydrogen-bond donors (Lipinski definition) is 1. The second-order valence-corrected chi connectivity index (χ2v) is 8.58. The lowest BCUT2D eigenvalue weighted by Gasteiger charge is -2.30. The molecule has 3 aromatic carbocycles. The first-order valence-electron chi connectivity index (χ1n) is 11.4. The van der Waals surface area contributed by atoms with Crippen LogP contribution in [0.4, 0.5) is 5.69 Å². The Bertz CT molecular complexity index is 974. The minimum absolute atomic E-state index is 0.140. The molecule has 0 radical (unpaired) electrons. The Kier molecular flexibility index (Phi) is 8.46. The molecule has 0 fully saturated rings. The average Bonchev–Trinajstić information content (AvgIpc) is 2.78.